The van der Waals surface area contributed by atoms with Gasteiger partial charge < -0.3 is 16.0 Å². The summed E-state index contributed by atoms with van der Waals surface area (Å²) in [4.78, 5) is 19.1. The number of aromatic nitrogens is 1. The molecule has 2 heterocycles. The van der Waals surface area contributed by atoms with Crippen LogP contribution in [0.1, 0.15) is 49.4 Å². The minimum Gasteiger partial charge on any atom is -0.368 e. The normalized spacial score (nSPS) is 23.1. The number of anilines is 1. The van der Waals surface area contributed by atoms with Gasteiger partial charge in [-0.1, -0.05) is 0 Å². The first kappa shape index (κ1) is 23.4. The summed E-state index contributed by atoms with van der Waals surface area (Å²) in [5.41, 5.74) is 6.47. The number of benzene rings is 1. The molecule has 1 aromatic heterocycles. The van der Waals surface area contributed by atoms with Crippen LogP contribution in [0.2, 0.25) is 0 Å². The van der Waals surface area contributed by atoms with Gasteiger partial charge in [-0.25, -0.2) is 22.0 Å². The van der Waals surface area contributed by atoms with Gasteiger partial charge in [0.25, 0.3) is 5.91 Å². The summed E-state index contributed by atoms with van der Waals surface area (Å²) in [6.07, 6.45) is 2.95. The van der Waals surface area contributed by atoms with Crippen LogP contribution >= 0.6 is 0 Å². The molecule has 2 aromatic rings. The van der Waals surface area contributed by atoms with Crippen LogP contribution in [-0.2, 0) is 0 Å². The number of rotatable bonds is 4. The van der Waals surface area contributed by atoms with Crippen molar-refractivity contribution in [2.24, 2.45) is 5.73 Å². The zero-order valence-electron chi connectivity index (χ0n) is 18.1. The molecule has 3 N–H and O–H groups in total. The standard InChI is InChI=1S/C23H25F5N4O/c1-22(29)6-7-32(12-22)20-15(13-8-17(24)19(26)18(25)9-13)10-30-11-16(20)21(33)31-14-2-4-23(27,28)5-3-14/h8-11,14H,2-7,12,29H2,1H3,(H,31,33)/t22-/m0/s1. The highest BCUT2D eigenvalue weighted by Gasteiger charge is 2.37. The minimum absolute atomic E-state index is 0.0199. The lowest BCUT2D eigenvalue weighted by Crippen LogP contribution is -2.42. The topological polar surface area (TPSA) is 71.2 Å². The molecule has 0 bridgehead atoms. The Morgan fingerprint density at radius 3 is 2.33 bits per heavy atom. The number of hydrogen-bond acceptors (Lipinski definition) is 4. The van der Waals surface area contributed by atoms with E-state index in [0.717, 1.165) is 12.1 Å². The Labute approximate surface area is 188 Å². The van der Waals surface area contributed by atoms with E-state index < -0.39 is 40.9 Å². The van der Waals surface area contributed by atoms with E-state index in [4.69, 9.17) is 5.73 Å². The molecule has 0 spiro atoms. The number of carbonyl (C=O) groups excluding carboxylic acids is 1. The Morgan fingerprint density at radius 1 is 1.12 bits per heavy atom. The van der Waals surface area contributed by atoms with Gasteiger partial charge in [0.15, 0.2) is 17.5 Å². The average Bonchev–Trinajstić information content (AvgIpc) is 3.12. The molecule has 1 saturated carbocycles. The predicted molar refractivity (Wildman–Crippen MR) is 114 cm³/mol. The highest BCUT2D eigenvalue weighted by Crippen LogP contribution is 2.38. The third kappa shape index (κ3) is 4.95. The van der Waals surface area contributed by atoms with Crippen molar-refractivity contribution in [1.29, 1.82) is 0 Å². The van der Waals surface area contributed by atoms with Gasteiger partial charge >= 0.3 is 0 Å². The monoisotopic (exact) mass is 468 g/mol. The van der Waals surface area contributed by atoms with Crippen LogP contribution in [0.15, 0.2) is 24.5 Å². The maximum Gasteiger partial charge on any atom is 0.255 e. The van der Waals surface area contributed by atoms with Gasteiger partial charge in [-0.3, -0.25) is 9.78 Å². The molecule has 0 unspecified atom stereocenters. The second-order valence-corrected chi connectivity index (χ2v) is 9.27. The molecule has 33 heavy (non-hydrogen) atoms. The summed E-state index contributed by atoms with van der Waals surface area (Å²) in [7, 11) is 0. The summed E-state index contributed by atoms with van der Waals surface area (Å²) in [5.74, 6) is -7.57. The second-order valence-electron chi connectivity index (χ2n) is 9.27. The predicted octanol–water partition coefficient (Wildman–Crippen LogP) is 4.40. The maximum atomic E-state index is 14.0. The van der Waals surface area contributed by atoms with E-state index in [9.17, 15) is 26.7 Å². The van der Waals surface area contributed by atoms with Crippen molar-refractivity contribution in [2.45, 2.75) is 56.5 Å². The number of pyridine rings is 1. The number of nitrogens with one attached hydrogen (secondary N) is 1. The highest BCUT2D eigenvalue weighted by molar-refractivity contribution is 6.03. The summed E-state index contributed by atoms with van der Waals surface area (Å²) < 4.78 is 68.5. The molecule has 1 saturated heterocycles. The van der Waals surface area contributed by atoms with Crippen molar-refractivity contribution in [2.75, 3.05) is 18.0 Å². The largest absolute Gasteiger partial charge is 0.368 e. The average molecular weight is 468 g/mol. The fourth-order valence-corrected chi connectivity index (χ4v) is 4.51. The molecule has 1 aliphatic heterocycles. The van der Waals surface area contributed by atoms with E-state index in [2.05, 4.69) is 10.3 Å². The molecule has 1 amide bonds. The molecule has 1 aromatic carbocycles. The van der Waals surface area contributed by atoms with Gasteiger partial charge in [-0.15, -0.1) is 0 Å². The van der Waals surface area contributed by atoms with E-state index in [-0.39, 0.29) is 42.4 Å². The maximum absolute atomic E-state index is 14.0. The van der Waals surface area contributed by atoms with Crippen LogP contribution in [0.4, 0.5) is 27.6 Å². The molecule has 10 heteroatoms. The smallest absolute Gasteiger partial charge is 0.255 e. The van der Waals surface area contributed by atoms with Gasteiger partial charge in [0.1, 0.15) is 0 Å². The van der Waals surface area contributed by atoms with Crippen molar-refractivity contribution in [3.05, 3.63) is 47.5 Å². The van der Waals surface area contributed by atoms with Gasteiger partial charge in [-0.2, -0.15) is 0 Å². The number of nitrogens with two attached hydrogens (primary N) is 1. The summed E-state index contributed by atoms with van der Waals surface area (Å²) >= 11 is 0. The molecule has 2 aliphatic rings. The minimum atomic E-state index is -2.73. The van der Waals surface area contributed by atoms with Crippen LogP contribution in [0, 0.1) is 17.5 Å². The third-order valence-corrected chi connectivity index (χ3v) is 6.33. The summed E-state index contributed by atoms with van der Waals surface area (Å²) in [6, 6.07) is 1.27. The van der Waals surface area contributed by atoms with Crippen LogP contribution < -0.4 is 16.0 Å². The first-order valence-electron chi connectivity index (χ1n) is 10.8. The van der Waals surface area contributed by atoms with Crippen LogP contribution in [0.25, 0.3) is 11.1 Å². The lowest BCUT2D eigenvalue weighted by atomic mass is 9.92. The van der Waals surface area contributed by atoms with Crippen molar-refractivity contribution < 1.29 is 26.7 Å². The van der Waals surface area contributed by atoms with Gasteiger partial charge in [0, 0.05) is 55.5 Å². The van der Waals surface area contributed by atoms with Crippen LogP contribution in [0.3, 0.4) is 0 Å². The molecule has 178 valence electrons. The van der Waals surface area contributed by atoms with E-state index in [1.807, 2.05) is 11.8 Å². The highest BCUT2D eigenvalue weighted by atomic mass is 19.3. The van der Waals surface area contributed by atoms with E-state index >= 15 is 0 Å². The van der Waals surface area contributed by atoms with Crippen LogP contribution in [0.5, 0.6) is 0 Å². The van der Waals surface area contributed by atoms with Crippen molar-refractivity contribution in [3.63, 3.8) is 0 Å². The Kier molecular flexibility index (Phi) is 6.07. The number of nitrogens with zero attached hydrogens (tertiary/aromatic N) is 2. The molecular weight excluding hydrogens is 443 g/mol. The Morgan fingerprint density at radius 2 is 1.76 bits per heavy atom. The first-order valence-corrected chi connectivity index (χ1v) is 10.8. The van der Waals surface area contributed by atoms with E-state index in [1.165, 1.54) is 12.4 Å². The zero-order chi connectivity index (χ0) is 24.0. The number of amides is 1. The van der Waals surface area contributed by atoms with Crippen molar-refractivity contribution in [1.82, 2.24) is 10.3 Å². The molecule has 5 nitrogen and oxygen atoms in total. The summed E-state index contributed by atoms with van der Waals surface area (Å²) in [5, 5.41) is 2.79. The van der Waals surface area contributed by atoms with Crippen LogP contribution in [-0.4, -0.2) is 41.5 Å². The molecule has 4 rings (SSSR count). The Hall–Kier alpha value is -2.75. The van der Waals surface area contributed by atoms with Crippen molar-refractivity contribution >= 4 is 11.6 Å². The van der Waals surface area contributed by atoms with Gasteiger partial charge in [0.05, 0.1) is 11.3 Å². The quantitative estimate of drug-likeness (QED) is 0.516. The number of hydrogen-bond donors (Lipinski definition) is 2. The molecule has 1 atom stereocenters. The van der Waals surface area contributed by atoms with Crippen molar-refractivity contribution in [3.8, 4) is 11.1 Å². The molecule has 2 fully saturated rings. The molecular formula is C23H25F5N4O. The van der Waals surface area contributed by atoms with Gasteiger partial charge in [0.2, 0.25) is 5.92 Å². The third-order valence-electron chi connectivity index (χ3n) is 6.33. The lowest BCUT2D eigenvalue weighted by molar-refractivity contribution is -0.0399. The lowest BCUT2D eigenvalue weighted by Gasteiger charge is -2.30. The summed E-state index contributed by atoms with van der Waals surface area (Å²) in [6.45, 7) is 2.70. The van der Waals surface area contributed by atoms with Gasteiger partial charge in [-0.05, 0) is 43.9 Å². The molecule has 1 aliphatic carbocycles. The van der Waals surface area contributed by atoms with E-state index in [0.29, 0.717) is 25.2 Å². The number of alkyl halides is 2. The molecule has 0 radical (unpaired) electrons. The Balaban J connectivity index is 1.73. The number of halogens is 5. The SMILES string of the molecule is C[C@]1(N)CCN(c2c(C(=O)NC3CCC(F)(F)CC3)cncc2-c2cc(F)c(F)c(F)c2)C1. The van der Waals surface area contributed by atoms with E-state index in [1.54, 1.807) is 0 Å². The second kappa shape index (κ2) is 8.55. The fraction of sp³-hybridized carbons (Fsp3) is 0.478. The Bertz CT molecular complexity index is 1040. The zero-order valence-corrected chi connectivity index (χ0v) is 18.1. The first-order chi connectivity index (χ1) is 15.5. The fourth-order valence-electron chi connectivity index (χ4n) is 4.51. The number of carbonyl (C=O) groups is 1.